The predicted molar refractivity (Wildman–Crippen MR) is 68.4 cm³/mol. The topological polar surface area (TPSA) is 51.5 Å². The Morgan fingerprint density at radius 1 is 1.33 bits per heavy atom. The van der Waals surface area contributed by atoms with Crippen LogP contribution in [-0.2, 0) is 11.3 Å². The van der Waals surface area contributed by atoms with Crippen LogP contribution in [0.15, 0.2) is 16.5 Å². The van der Waals surface area contributed by atoms with Gasteiger partial charge in [-0.25, -0.2) is 4.79 Å². The van der Waals surface area contributed by atoms with Crippen molar-refractivity contribution in [3.8, 4) is 0 Å². The van der Waals surface area contributed by atoms with Crippen molar-refractivity contribution in [1.29, 1.82) is 0 Å². The summed E-state index contributed by atoms with van der Waals surface area (Å²) in [5, 5.41) is 3.50. The van der Waals surface area contributed by atoms with E-state index in [2.05, 4.69) is 10.1 Å². The minimum absolute atomic E-state index is 0.273. The molecule has 1 aromatic rings. The molecule has 0 radical (unpaired) electrons. The Morgan fingerprint density at radius 3 is 2.72 bits per heavy atom. The first kappa shape index (κ1) is 13.1. The zero-order valence-corrected chi connectivity index (χ0v) is 10.9. The Bertz CT molecular complexity index is 378. The van der Waals surface area contributed by atoms with Gasteiger partial charge < -0.3 is 14.5 Å². The Hall–Kier alpha value is -1.29. The Morgan fingerprint density at radius 2 is 2.06 bits per heavy atom. The van der Waals surface area contributed by atoms with Gasteiger partial charge in [-0.15, -0.1) is 0 Å². The molecular weight excluding hydrogens is 230 g/mol. The first-order valence-corrected chi connectivity index (χ1v) is 6.70. The van der Waals surface area contributed by atoms with Crippen LogP contribution in [0.4, 0.5) is 0 Å². The van der Waals surface area contributed by atoms with Gasteiger partial charge in [0.2, 0.25) is 5.76 Å². The number of esters is 1. The summed E-state index contributed by atoms with van der Waals surface area (Å²) in [5.41, 5.74) is 0. The fourth-order valence-electron chi connectivity index (χ4n) is 2.41. The predicted octanol–water partition coefficient (Wildman–Crippen LogP) is 2.88. The quantitative estimate of drug-likeness (QED) is 0.660. The van der Waals surface area contributed by atoms with Gasteiger partial charge in [0.25, 0.3) is 0 Å². The maximum Gasteiger partial charge on any atom is 0.373 e. The maximum atomic E-state index is 11.2. The summed E-state index contributed by atoms with van der Waals surface area (Å²) >= 11 is 0. The molecule has 1 fully saturated rings. The lowest BCUT2D eigenvalue weighted by Gasteiger charge is -2.14. The van der Waals surface area contributed by atoms with Crippen molar-refractivity contribution < 1.29 is 13.9 Å². The smallest absolute Gasteiger partial charge is 0.373 e. The molecule has 0 amide bonds. The molecule has 0 unspecified atom stereocenters. The highest BCUT2D eigenvalue weighted by atomic mass is 16.5. The van der Waals surface area contributed by atoms with Crippen molar-refractivity contribution >= 4 is 5.97 Å². The fraction of sp³-hybridized carbons (Fsp3) is 0.643. The van der Waals surface area contributed by atoms with Crippen LogP contribution < -0.4 is 5.32 Å². The molecule has 0 bridgehead atoms. The monoisotopic (exact) mass is 251 g/mol. The molecule has 1 aliphatic carbocycles. The molecule has 18 heavy (non-hydrogen) atoms. The van der Waals surface area contributed by atoms with Crippen LogP contribution in [0.2, 0.25) is 0 Å². The number of rotatable bonds is 4. The maximum absolute atomic E-state index is 11.2. The standard InChI is InChI=1S/C14H21NO3/c1-17-14(16)13-9-8-12(18-13)10-15-11-6-4-2-3-5-7-11/h8-9,11,15H,2-7,10H2,1H3. The molecule has 0 saturated heterocycles. The van der Waals surface area contributed by atoms with Gasteiger partial charge in [-0.05, 0) is 25.0 Å². The van der Waals surface area contributed by atoms with Crippen molar-refractivity contribution in [2.45, 2.75) is 51.1 Å². The van der Waals surface area contributed by atoms with E-state index in [9.17, 15) is 4.79 Å². The average molecular weight is 251 g/mol. The first-order valence-electron chi connectivity index (χ1n) is 6.70. The molecule has 0 atom stereocenters. The summed E-state index contributed by atoms with van der Waals surface area (Å²) in [6.07, 6.45) is 7.80. The second kappa shape index (κ2) is 6.59. The van der Waals surface area contributed by atoms with Crippen molar-refractivity contribution in [3.05, 3.63) is 23.7 Å². The van der Waals surface area contributed by atoms with E-state index in [1.807, 2.05) is 6.07 Å². The van der Waals surface area contributed by atoms with Gasteiger partial charge in [0.05, 0.1) is 13.7 Å². The van der Waals surface area contributed by atoms with Gasteiger partial charge in [-0.2, -0.15) is 0 Å². The van der Waals surface area contributed by atoms with Crippen LogP contribution in [0.1, 0.15) is 54.8 Å². The molecule has 2 rings (SSSR count). The highest BCUT2D eigenvalue weighted by Gasteiger charge is 2.14. The van der Waals surface area contributed by atoms with Crippen molar-refractivity contribution in [2.75, 3.05) is 7.11 Å². The van der Waals surface area contributed by atoms with Crippen molar-refractivity contribution in [2.24, 2.45) is 0 Å². The number of methoxy groups -OCH3 is 1. The van der Waals surface area contributed by atoms with E-state index in [1.165, 1.54) is 45.6 Å². The molecule has 1 N–H and O–H groups in total. The van der Waals surface area contributed by atoms with Gasteiger partial charge in [-0.1, -0.05) is 25.7 Å². The second-order valence-corrected chi connectivity index (χ2v) is 4.83. The molecule has 1 aliphatic rings. The minimum atomic E-state index is -0.421. The number of nitrogens with one attached hydrogen (secondary N) is 1. The van der Waals surface area contributed by atoms with Crippen LogP contribution in [0.5, 0.6) is 0 Å². The number of carbonyl (C=O) groups excluding carboxylic acids is 1. The Kier molecular flexibility index (Phi) is 4.81. The fourth-order valence-corrected chi connectivity index (χ4v) is 2.41. The summed E-state index contributed by atoms with van der Waals surface area (Å²) in [7, 11) is 1.36. The molecule has 100 valence electrons. The zero-order chi connectivity index (χ0) is 12.8. The van der Waals surface area contributed by atoms with Crippen LogP contribution in [0, 0.1) is 0 Å². The molecule has 0 aliphatic heterocycles. The second-order valence-electron chi connectivity index (χ2n) is 4.83. The normalized spacial score (nSPS) is 17.4. The highest BCUT2D eigenvalue weighted by Crippen LogP contribution is 2.18. The molecule has 1 heterocycles. The van der Waals surface area contributed by atoms with Crippen molar-refractivity contribution in [1.82, 2.24) is 5.32 Å². The number of hydrogen-bond donors (Lipinski definition) is 1. The summed E-state index contributed by atoms with van der Waals surface area (Å²) < 4.78 is 10.0. The molecule has 0 aromatic carbocycles. The number of hydrogen-bond acceptors (Lipinski definition) is 4. The molecule has 0 spiro atoms. The third kappa shape index (κ3) is 3.60. The lowest BCUT2D eigenvalue weighted by atomic mass is 10.1. The van der Waals surface area contributed by atoms with E-state index in [4.69, 9.17) is 4.42 Å². The first-order chi connectivity index (χ1) is 8.79. The minimum Gasteiger partial charge on any atom is -0.463 e. The molecule has 4 nitrogen and oxygen atoms in total. The van der Waals surface area contributed by atoms with E-state index in [-0.39, 0.29) is 5.76 Å². The van der Waals surface area contributed by atoms with Crippen LogP contribution >= 0.6 is 0 Å². The van der Waals surface area contributed by atoms with Gasteiger partial charge >= 0.3 is 5.97 Å². The number of carbonyl (C=O) groups is 1. The number of ether oxygens (including phenoxy) is 1. The lowest BCUT2D eigenvalue weighted by molar-refractivity contribution is 0.0563. The summed E-state index contributed by atoms with van der Waals surface area (Å²) in [4.78, 5) is 11.2. The third-order valence-electron chi connectivity index (χ3n) is 3.47. The van der Waals surface area contributed by atoms with E-state index in [0.717, 1.165) is 5.76 Å². The van der Waals surface area contributed by atoms with Crippen LogP contribution in [-0.4, -0.2) is 19.1 Å². The molecule has 1 aromatic heterocycles. The van der Waals surface area contributed by atoms with Gasteiger partial charge in [0.1, 0.15) is 5.76 Å². The zero-order valence-electron chi connectivity index (χ0n) is 10.9. The Labute approximate surface area is 108 Å². The lowest BCUT2D eigenvalue weighted by Crippen LogP contribution is -2.27. The molecule has 4 heteroatoms. The summed E-state index contributed by atoms with van der Waals surface area (Å²) in [5.74, 6) is 0.644. The SMILES string of the molecule is COC(=O)c1ccc(CNC2CCCCCC2)o1. The Balaban J connectivity index is 1.82. The van der Waals surface area contributed by atoms with Crippen LogP contribution in [0.25, 0.3) is 0 Å². The number of furan rings is 1. The summed E-state index contributed by atoms with van der Waals surface area (Å²) in [6.45, 7) is 0.682. The molecule has 1 saturated carbocycles. The van der Waals surface area contributed by atoms with Gasteiger partial charge in [0.15, 0.2) is 0 Å². The largest absolute Gasteiger partial charge is 0.463 e. The van der Waals surface area contributed by atoms with Crippen LogP contribution in [0.3, 0.4) is 0 Å². The summed E-state index contributed by atoms with van der Waals surface area (Å²) in [6, 6.07) is 4.07. The van der Waals surface area contributed by atoms with Crippen molar-refractivity contribution in [3.63, 3.8) is 0 Å². The van der Waals surface area contributed by atoms with E-state index in [0.29, 0.717) is 12.6 Å². The van der Waals surface area contributed by atoms with E-state index in [1.54, 1.807) is 6.07 Å². The molecular formula is C14H21NO3. The third-order valence-corrected chi connectivity index (χ3v) is 3.47. The van der Waals surface area contributed by atoms with Gasteiger partial charge in [0, 0.05) is 6.04 Å². The van der Waals surface area contributed by atoms with E-state index >= 15 is 0 Å². The average Bonchev–Trinajstić information content (AvgIpc) is 2.71. The van der Waals surface area contributed by atoms with E-state index < -0.39 is 5.97 Å². The van der Waals surface area contributed by atoms with Gasteiger partial charge in [-0.3, -0.25) is 0 Å². The highest BCUT2D eigenvalue weighted by molar-refractivity contribution is 5.86.